The first-order chi connectivity index (χ1) is 17.5. The van der Waals surface area contributed by atoms with Crippen molar-refractivity contribution >= 4 is 66.8 Å². The van der Waals surface area contributed by atoms with Crippen LogP contribution in [0.5, 0.6) is 11.5 Å². The van der Waals surface area contributed by atoms with Crippen molar-refractivity contribution < 1.29 is 19.1 Å². The number of hydrazone groups is 1. The van der Waals surface area contributed by atoms with Crippen LogP contribution < -0.4 is 14.9 Å². The van der Waals surface area contributed by atoms with Crippen LogP contribution in [0.15, 0.2) is 105 Å². The third-order valence-electron chi connectivity index (χ3n) is 4.97. The van der Waals surface area contributed by atoms with Crippen molar-refractivity contribution in [2.45, 2.75) is 0 Å². The molecule has 0 heterocycles. The highest BCUT2D eigenvalue weighted by atomic mass is 79.9. The summed E-state index contributed by atoms with van der Waals surface area (Å²) in [6.07, 6.45) is 4.42. The van der Waals surface area contributed by atoms with Gasteiger partial charge in [0.05, 0.1) is 10.7 Å². The molecule has 4 rings (SSSR count). The maximum Gasteiger partial charge on any atom is 0.336 e. The van der Waals surface area contributed by atoms with Gasteiger partial charge in [-0.2, -0.15) is 5.10 Å². The van der Waals surface area contributed by atoms with E-state index in [1.165, 1.54) is 12.3 Å². The van der Waals surface area contributed by atoms with Crippen LogP contribution in [0.25, 0.3) is 16.8 Å². The maximum absolute atomic E-state index is 12.3. The molecular weight excluding hydrogens is 588 g/mol. The molecule has 6 nitrogen and oxygen atoms in total. The van der Waals surface area contributed by atoms with Crippen LogP contribution >= 0.6 is 31.9 Å². The number of rotatable bonds is 8. The van der Waals surface area contributed by atoms with Crippen molar-refractivity contribution in [3.8, 4) is 11.5 Å². The van der Waals surface area contributed by atoms with Crippen LogP contribution in [-0.2, 0) is 9.59 Å². The summed E-state index contributed by atoms with van der Waals surface area (Å²) in [6, 6.07) is 26.1. The van der Waals surface area contributed by atoms with E-state index in [1.54, 1.807) is 30.3 Å². The highest BCUT2D eigenvalue weighted by molar-refractivity contribution is 9.11. The Kier molecular flexibility index (Phi) is 8.65. The van der Waals surface area contributed by atoms with Gasteiger partial charge in [0, 0.05) is 16.1 Å². The number of esters is 1. The highest BCUT2D eigenvalue weighted by Gasteiger charge is 2.09. The Morgan fingerprint density at radius 3 is 2.47 bits per heavy atom. The average molecular weight is 608 g/mol. The summed E-state index contributed by atoms with van der Waals surface area (Å²) in [5.41, 5.74) is 3.81. The van der Waals surface area contributed by atoms with E-state index in [2.05, 4.69) is 42.4 Å². The van der Waals surface area contributed by atoms with Gasteiger partial charge in [0.2, 0.25) is 0 Å². The normalized spacial score (nSPS) is 11.2. The van der Waals surface area contributed by atoms with Gasteiger partial charge in [0.25, 0.3) is 5.91 Å². The van der Waals surface area contributed by atoms with Gasteiger partial charge < -0.3 is 9.47 Å². The lowest BCUT2D eigenvalue weighted by Gasteiger charge is -2.09. The number of hydrogen-bond acceptors (Lipinski definition) is 5. The van der Waals surface area contributed by atoms with E-state index in [9.17, 15) is 9.59 Å². The van der Waals surface area contributed by atoms with Crippen molar-refractivity contribution in [1.82, 2.24) is 5.43 Å². The first kappa shape index (κ1) is 25.3. The van der Waals surface area contributed by atoms with E-state index in [1.807, 2.05) is 60.7 Å². The lowest BCUT2D eigenvalue weighted by atomic mass is 10.1. The number of fused-ring (bicyclic) bond motifs is 1. The molecule has 36 heavy (non-hydrogen) atoms. The van der Waals surface area contributed by atoms with Gasteiger partial charge in [-0.1, -0.05) is 76.6 Å². The molecule has 4 aromatic rings. The fourth-order valence-electron chi connectivity index (χ4n) is 3.26. The third-order valence-corrected chi connectivity index (χ3v) is 6.28. The lowest BCUT2D eigenvalue weighted by molar-refractivity contribution is -0.129. The molecule has 0 unspecified atom stereocenters. The van der Waals surface area contributed by atoms with Crippen molar-refractivity contribution in [2.24, 2.45) is 5.10 Å². The zero-order valence-corrected chi connectivity index (χ0v) is 22.0. The average Bonchev–Trinajstić information content (AvgIpc) is 2.89. The van der Waals surface area contributed by atoms with Crippen LogP contribution in [0.2, 0.25) is 0 Å². The molecule has 4 aromatic carbocycles. The first-order valence-corrected chi connectivity index (χ1v) is 12.4. The third kappa shape index (κ3) is 6.90. The molecule has 0 radical (unpaired) electrons. The summed E-state index contributed by atoms with van der Waals surface area (Å²) in [7, 11) is 0. The minimum Gasteiger partial charge on any atom is -0.483 e. The summed E-state index contributed by atoms with van der Waals surface area (Å²) in [5, 5.41) is 6.03. The minimum atomic E-state index is -0.533. The summed E-state index contributed by atoms with van der Waals surface area (Å²) in [6.45, 7) is -0.223. The second kappa shape index (κ2) is 12.3. The zero-order valence-electron chi connectivity index (χ0n) is 18.9. The highest BCUT2D eigenvalue weighted by Crippen LogP contribution is 2.33. The van der Waals surface area contributed by atoms with Crippen LogP contribution in [0.4, 0.5) is 0 Å². The number of halogens is 2. The van der Waals surface area contributed by atoms with Crippen molar-refractivity contribution in [1.29, 1.82) is 0 Å². The predicted molar refractivity (Wildman–Crippen MR) is 148 cm³/mol. The molecule has 0 spiro atoms. The maximum atomic E-state index is 12.3. The van der Waals surface area contributed by atoms with Crippen molar-refractivity contribution in [3.63, 3.8) is 0 Å². The predicted octanol–water partition coefficient (Wildman–Crippen LogP) is 6.51. The topological polar surface area (TPSA) is 77.0 Å². The van der Waals surface area contributed by atoms with Crippen LogP contribution in [0.3, 0.4) is 0 Å². The number of carbonyl (C=O) groups is 2. The van der Waals surface area contributed by atoms with Gasteiger partial charge in [0.1, 0.15) is 11.5 Å². The molecule has 0 aliphatic heterocycles. The number of ether oxygens (including phenoxy) is 2. The van der Waals surface area contributed by atoms with Gasteiger partial charge in [-0.3, -0.25) is 4.79 Å². The van der Waals surface area contributed by atoms with Crippen molar-refractivity contribution in [2.75, 3.05) is 6.61 Å². The second-order valence-electron chi connectivity index (χ2n) is 7.53. The van der Waals surface area contributed by atoms with Gasteiger partial charge in [-0.25, -0.2) is 10.2 Å². The Labute approximate surface area is 224 Å². The molecule has 0 saturated heterocycles. The summed E-state index contributed by atoms with van der Waals surface area (Å²) < 4.78 is 12.6. The molecule has 0 saturated carbocycles. The monoisotopic (exact) mass is 606 g/mol. The molecule has 8 heteroatoms. The number of nitrogens with zero attached hydrogens (tertiary/aromatic N) is 1. The van der Waals surface area contributed by atoms with Gasteiger partial charge in [0.15, 0.2) is 6.61 Å². The van der Waals surface area contributed by atoms with E-state index >= 15 is 0 Å². The molecular formula is C28H20Br2N2O4. The second-order valence-corrected chi connectivity index (χ2v) is 9.24. The Hall–Kier alpha value is -3.75. The van der Waals surface area contributed by atoms with E-state index in [-0.39, 0.29) is 6.61 Å². The molecule has 0 atom stereocenters. The number of nitrogens with one attached hydrogen (secondary N) is 1. The Bertz CT molecular complexity index is 1450. The quantitative estimate of drug-likeness (QED) is 0.0814. The number of carbonyl (C=O) groups excluding carboxylic acids is 2. The summed E-state index contributed by atoms with van der Waals surface area (Å²) >= 11 is 6.93. The van der Waals surface area contributed by atoms with E-state index in [0.717, 1.165) is 25.3 Å². The van der Waals surface area contributed by atoms with E-state index < -0.39 is 11.9 Å². The summed E-state index contributed by atoms with van der Waals surface area (Å²) in [4.78, 5) is 24.5. The molecule has 0 aromatic heterocycles. The molecule has 180 valence electrons. The molecule has 1 N–H and O–H groups in total. The molecule has 0 aliphatic carbocycles. The smallest absolute Gasteiger partial charge is 0.336 e. The zero-order chi connectivity index (χ0) is 25.3. The summed E-state index contributed by atoms with van der Waals surface area (Å²) in [5.74, 6) is -0.118. The lowest BCUT2D eigenvalue weighted by Crippen LogP contribution is -2.24. The minimum absolute atomic E-state index is 0.223. The van der Waals surface area contributed by atoms with Crippen LogP contribution in [-0.4, -0.2) is 24.7 Å². The van der Waals surface area contributed by atoms with E-state index in [0.29, 0.717) is 17.1 Å². The number of benzene rings is 4. The largest absolute Gasteiger partial charge is 0.483 e. The number of amides is 1. The van der Waals surface area contributed by atoms with Crippen LogP contribution in [0.1, 0.15) is 11.1 Å². The van der Waals surface area contributed by atoms with Crippen LogP contribution in [0, 0.1) is 0 Å². The van der Waals surface area contributed by atoms with Gasteiger partial charge in [-0.15, -0.1) is 0 Å². The Morgan fingerprint density at radius 1 is 0.889 bits per heavy atom. The fourth-order valence-corrected chi connectivity index (χ4v) is 4.24. The Balaban J connectivity index is 1.35. The Morgan fingerprint density at radius 2 is 1.64 bits per heavy atom. The number of hydrogen-bond donors (Lipinski definition) is 1. The van der Waals surface area contributed by atoms with E-state index in [4.69, 9.17) is 9.47 Å². The van der Waals surface area contributed by atoms with Gasteiger partial charge in [-0.05, 0) is 62.6 Å². The molecule has 0 aliphatic rings. The molecule has 0 bridgehead atoms. The standard InChI is InChI=1S/C28H20Br2N2O4/c29-22-12-14-24(36-27(34)15-10-19-6-2-1-3-7-19)21(16-22)17-31-32-26(33)18-35-25-13-11-20-8-4-5-9-23(20)28(25)30/h1-17H,18H2,(H,32,33)/b15-10+,31-17-. The molecule has 0 fully saturated rings. The fraction of sp³-hybridized carbons (Fsp3) is 0.0357. The van der Waals surface area contributed by atoms with Gasteiger partial charge >= 0.3 is 5.97 Å². The first-order valence-electron chi connectivity index (χ1n) is 10.9. The SMILES string of the molecule is O=C(COc1ccc2ccccc2c1Br)N/N=C\c1cc(Br)ccc1OC(=O)/C=C/c1ccccc1. The van der Waals surface area contributed by atoms with Crippen molar-refractivity contribution in [3.05, 3.63) is 111 Å². The molecule has 1 amide bonds.